The van der Waals surface area contributed by atoms with Crippen molar-refractivity contribution in [3.8, 4) is 0 Å². The Hall–Kier alpha value is -4.89. The minimum absolute atomic E-state index is 1.07. The lowest BCUT2D eigenvalue weighted by molar-refractivity contribution is 1.20. The summed E-state index contributed by atoms with van der Waals surface area (Å²) in [6.45, 7) is 8.17. The van der Waals surface area contributed by atoms with Crippen LogP contribution in [0.1, 0.15) is 22.5 Å². The molecule has 0 radical (unpaired) electrons. The monoisotopic (exact) mass is 521 g/mol. The molecule has 0 N–H and O–H groups in total. The minimum atomic E-state index is 1.07. The van der Waals surface area contributed by atoms with Crippen molar-refractivity contribution in [3.05, 3.63) is 162 Å². The molecule has 0 aliphatic heterocycles. The maximum atomic E-state index is 4.38. The Balaban J connectivity index is 0.000000125. The summed E-state index contributed by atoms with van der Waals surface area (Å²) < 4.78 is 0. The first-order chi connectivity index (χ1) is 19.5. The van der Waals surface area contributed by atoms with Crippen molar-refractivity contribution < 1.29 is 0 Å². The maximum absolute atomic E-state index is 4.38. The van der Waals surface area contributed by atoms with E-state index < -0.39 is 0 Å². The smallest absolute Gasteiger partial charge is 0.0705 e. The molecule has 3 aromatic heterocycles. The van der Waals surface area contributed by atoms with E-state index in [0.717, 1.165) is 22.4 Å². The van der Waals surface area contributed by atoms with Crippen molar-refractivity contribution in [2.75, 3.05) is 0 Å². The highest BCUT2D eigenvalue weighted by Gasteiger charge is 1.92. The lowest BCUT2D eigenvalue weighted by Gasteiger charge is -1.96. The number of rotatable bonds is 0. The number of aryl methyl sites for hydroxylation is 4. The third-order valence-corrected chi connectivity index (χ3v) is 6.22. The van der Waals surface area contributed by atoms with Crippen LogP contribution in [-0.2, 0) is 0 Å². The van der Waals surface area contributed by atoms with Crippen LogP contribution in [0.5, 0.6) is 0 Å². The van der Waals surface area contributed by atoms with Crippen molar-refractivity contribution in [3.63, 3.8) is 0 Å². The molecule has 0 unspecified atom stereocenters. The fraction of sp³-hybridized carbons (Fsp3) is 0.108. The van der Waals surface area contributed by atoms with Crippen LogP contribution in [0, 0.1) is 27.7 Å². The van der Waals surface area contributed by atoms with Crippen LogP contribution in [0.15, 0.2) is 140 Å². The fourth-order valence-corrected chi connectivity index (χ4v) is 4.10. The molecule has 0 bridgehead atoms. The lowest BCUT2D eigenvalue weighted by Crippen LogP contribution is -1.80. The van der Waals surface area contributed by atoms with Gasteiger partial charge in [-0.05, 0) is 80.4 Å². The molecule has 0 aliphatic carbocycles. The highest BCUT2D eigenvalue weighted by Crippen LogP contribution is 2.14. The zero-order valence-electron chi connectivity index (χ0n) is 23.6. The lowest BCUT2D eigenvalue weighted by atomic mass is 10.1. The third-order valence-electron chi connectivity index (χ3n) is 6.22. The molecule has 0 amide bonds. The van der Waals surface area contributed by atoms with Gasteiger partial charge in [0.25, 0.3) is 0 Å². The van der Waals surface area contributed by atoms with E-state index in [2.05, 4.69) is 108 Å². The standard InChI is InChI=1S/C11H10.2C10H9N.C6H7N/c1-9-6-7-10-4-2-3-5-11(10)8-9;1-8-4-5-9-3-2-6-11-10(9)7-8;1-8-6-7-9-4-2-3-5-10(9)11-8;1-6-4-2-3-5-7-6/h2-8H,1H3;2*2-7H,1H3;2-5H,1H3. The summed E-state index contributed by atoms with van der Waals surface area (Å²) in [4.78, 5) is 12.6. The van der Waals surface area contributed by atoms with Gasteiger partial charge in [0.2, 0.25) is 0 Å². The van der Waals surface area contributed by atoms with E-state index in [9.17, 15) is 0 Å². The molecule has 3 heteroatoms. The first-order valence-electron chi connectivity index (χ1n) is 13.4. The van der Waals surface area contributed by atoms with Gasteiger partial charge in [0.15, 0.2) is 0 Å². The molecule has 0 fully saturated rings. The van der Waals surface area contributed by atoms with E-state index in [4.69, 9.17) is 0 Å². The average molecular weight is 522 g/mol. The molecular formula is C37H35N3. The van der Waals surface area contributed by atoms with E-state index in [-0.39, 0.29) is 0 Å². The summed E-state index contributed by atoms with van der Waals surface area (Å²) >= 11 is 0. The van der Waals surface area contributed by atoms with Gasteiger partial charge in [-0.25, -0.2) is 0 Å². The number of nitrogens with zero attached hydrogens (tertiary/aromatic N) is 3. The van der Waals surface area contributed by atoms with Crippen LogP contribution in [0.2, 0.25) is 0 Å². The second-order valence-electron chi connectivity index (χ2n) is 9.67. The molecule has 0 spiro atoms. The van der Waals surface area contributed by atoms with Crippen LogP contribution in [0.3, 0.4) is 0 Å². The van der Waals surface area contributed by atoms with Crippen LogP contribution < -0.4 is 0 Å². The SMILES string of the molecule is Cc1ccc2ccccc2c1.Cc1ccc2ccccc2n1.Cc1ccc2cccnc2c1.Cc1ccccn1. The van der Waals surface area contributed by atoms with E-state index in [1.807, 2.05) is 68.6 Å². The van der Waals surface area contributed by atoms with Crippen molar-refractivity contribution in [1.29, 1.82) is 0 Å². The van der Waals surface area contributed by atoms with Gasteiger partial charge in [-0.2, -0.15) is 0 Å². The fourth-order valence-electron chi connectivity index (χ4n) is 4.10. The molecule has 0 aliphatic rings. The van der Waals surface area contributed by atoms with Crippen LogP contribution >= 0.6 is 0 Å². The predicted molar refractivity (Wildman–Crippen MR) is 171 cm³/mol. The molecule has 0 saturated carbocycles. The molecule has 3 heterocycles. The maximum Gasteiger partial charge on any atom is 0.0705 e. The zero-order chi connectivity index (χ0) is 28.2. The Morgan fingerprint density at radius 1 is 0.375 bits per heavy atom. The first kappa shape index (κ1) is 28.1. The highest BCUT2D eigenvalue weighted by molar-refractivity contribution is 5.83. The zero-order valence-corrected chi connectivity index (χ0v) is 23.6. The molecule has 7 aromatic rings. The van der Waals surface area contributed by atoms with Gasteiger partial charge in [-0.15, -0.1) is 0 Å². The highest BCUT2D eigenvalue weighted by atomic mass is 14.7. The molecular weight excluding hydrogens is 486 g/mol. The van der Waals surface area contributed by atoms with Crippen molar-refractivity contribution in [2.45, 2.75) is 27.7 Å². The predicted octanol–water partition coefficient (Wildman–Crippen LogP) is 9.62. The third kappa shape index (κ3) is 8.57. The van der Waals surface area contributed by atoms with Crippen molar-refractivity contribution in [2.24, 2.45) is 0 Å². The summed E-state index contributed by atoms with van der Waals surface area (Å²) in [5, 5.41) is 5.06. The van der Waals surface area contributed by atoms with Crippen LogP contribution in [0.25, 0.3) is 32.6 Å². The summed E-state index contributed by atoms with van der Waals surface area (Å²) in [5.74, 6) is 0. The Bertz CT molecular complexity index is 1610. The first-order valence-corrected chi connectivity index (χ1v) is 13.4. The van der Waals surface area contributed by atoms with Gasteiger partial charge in [0.1, 0.15) is 0 Å². The second-order valence-corrected chi connectivity index (χ2v) is 9.67. The summed E-state index contributed by atoms with van der Waals surface area (Å²) in [6.07, 6.45) is 3.61. The van der Waals surface area contributed by atoms with E-state index in [1.54, 1.807) is 6.20 Å². The minimum Gasteiger partial charge on any atom is -0.262 e. The Morgan fingerprint density at radius 3 is 1.68 bits per heavy atom. The van der Waals surface area contributed by atoms with Crippen LogP contribution in [0.4, 0.5) is 0 Å². The summed E-state index contributed by atoms with van der Waals surface area (Å²) in [6, 6.07) is 43.4. The molecule has 0 saturated heterocycles. The van der Waals surface area contributed by atoms with Gasteiger partial charge < -0.3 is 0 Å². The number of pyridine rings is 3. The van der Waals surface area contributed by atoms with E-state index >= 15 is 0 Å². The van der Waals surface area contributed by atoms with Gasteiger partial charge in [0.05, 0.1) is 11.0 Å². The molecule has 3 nitrogen and oxygen atoms in total. The van der Waals surface area contributed by atoms with Gasteiger partial charge >= 0.3 is 0 Å². The van der Waals surface area contributed by atoms with Crippen molar-refractivity contribution >= 4 is 32.6 Å². The largest absolute Gasteiger partial charge is 0.262 e. The van der Waals surface area contributed by atoms with Gasteiger partial charge in [-0.1, -0.05) is 96.6 Å². The van der Waals surface area contributed by atoms with Gasteiger partial charge in [0, 0.05) is 34.6 Å². The topological polar surface area (TPSA) is 38.7 Å². The Kier molecular flexibility index (Phi) is 10.1. The molecule has 0 atom stereocenters. The summed E-state index contributed by atoms with van der Waals surface area (Å²) in [7, 11) is 0. The summed E-state index contributed by atoms with van der Waals surface area (Å²) in [5.41, 5.74) is 6.88. The quantitative estimate of drug-likeness (QED) is 0.199. The molecule has 7 rings (SSSR count). The molecule has 4 aromatic carbocycles. The Morgan fingerprint density at radius 2 is 0.950 bits per heavy atom. The van der Waals surface area contributed by atoms with E-state index in [0.29, 0.717) is 0 Å². The Labute approximate surface area is 237 Å². The number of aromatic nitrogens is 3. The normalized spacial score (nSPS) is 10.0. The van der Waals surface area contributed by atoms with E-state index in [1.165, 1.54) is 32.7 Å². The molecule has 40 heavy (non-hydrogen) atoms. The second kappa shape index (κ2) is 14.3. The van der Waals surface area contributed by atoms with Crippen molar-refractivity contribution in [1.82, 2.24) is 15.0 Å². The number of hydrogen-bond acceptors (Lipinski definition) is 3. The van der Waals surface area contributed by atoms with Gasteiger partial charge in [-0.3, -0.25) is 15.0 Å². The molecule has 198 valence electrons. The number of hydrogen-bond donors (Lipinski definition) is 0. The number of fused-ring (bicyclic) bond motifs is 3. The number of para-hydroxylation sites is 1. The average Bonchev–Trinajstić information content (AvgIpc) is 2.98. The van der Waals surface area contributed by atoms with Crippen LogP contribution in [-0.4, -0.2) is 15.0 Å². The number of benzene rings is 4.